The summed E-state index contributed by atoms with van der Waals surface area (Å²) in [6.45, 7) is 0. The molecule has 204 valence electrons. The summed E-state index contributed by atoms with van der Waals surface area (Å²) in [5.74, 6) is 1.62. The summed E-state index contributed by atoms with van der Waals surface area (Å²) in [5, 5.41) is 0. The Morgan fingerprint density at radius 3 is 0.405 bits per heavy atom. The predicted molar refractivity (Wildman–Crippen MR) is 175 cm³/mol. The first-order valence-corrected chi connectivity index (χ1v) is 15.2. The van der Waals surface area contributed by atoms with Crippen molar-refractivity contribution < 1.29 is 0 Å². The monoisotopic (exact) mass is 540 g/mol. The smallest absolute Gasteiger partial charge is 0.00120 e. The third-order valence-electron chi connectivity index (χ3n) is 9.43. The van der Waals surface area contributed by atoms with Gasteiger partial charge in [0.05, 0.1) is 0 Å². The predicted octanol–water partition coefficient (Wildman–Crippen LogP) is 10.7. The van der Waals surface area contributed by atoms with Crippen molar-refractivity contribution in [3.8, 4) is 0 Å². The highest BCUT2D eigenvalue weighted by Crippen LogP contribution is 2.67. The Balaban J connectivity index is 1.59. The molecule has 0 amide bonds. The molecule has 1 fully saturated rings. The van der Waals surface area contributed by atoms with E-state index in [1.807, 2.05) is 0 Å². The van der Waals surface area contributed by atoms with E-state index in [1.165, 1.54) is 33.4 Å². The van der Waals surface area contributed by atoms with Crippen LogP contribution in [0.1, 0.15) is 68.9 Å². The molecule has 42 heavy (non-hydrogen) atoms. The van der Waals surface area contributed by atoms with Crippen molar-refractivity contribution in [3.05, 3.63) is 215 Å². The maximum absolute atomic E-state index is 2.36. The zero-order valence-corrected chi connectivity index (χ0v) is 23.8. The van der Waals surface area contributed by atoms with E-state index in [4.69, 9.17) is 0 Å². The van der Waals surface area contributed by atoms with Gasteiger partial charge in [-0.25, -0.2) is 0 Å². The van der Waals surface area contributed by atoms with Gasteiger partial charge in [-0.2, -0.15) is 0 Å². The Hall–Kier alpha value is -4.68. The van der Waals surface area contributed by atoms with E-state index >= 15 is 0 Å². The summed E-state index contributed by atoms with van der Waals surface area (Å²) >= 11 is 0. The van der Waals surface area contributed by atoms with Gasteiger partial charge in [-0.15, -0.1) is 0 Å². The van der Waals surface area contributed by atoms with Gasteiger partial charge >= 0.3 is 0 Å². The lowest BCUT2D eigenvalue weighted by Gasteiger charge is -2.53. The Morgan fingerprint density at radius 1 is 0.167 bits per heavy atom. The number of hydrogen-bond donors (Lipinski definition) is 0. The van der Waals surface area contributed by atoms with E-state index in [0.29, 0.717) is 0 Å². The maximum Gasteiger partial charge on any atom is -0.00120 e. The molecule has 0 heteroatoms. The van der Waals surface area contributed by atoms with Crippen LogP contribution in [0.2, 0.25) is 0 Å². The van der Waals surface area contributed by atoms with Gasteiger partial charge in [-0.3, -0.25) is 0 Å². The second-order valence-corrected chi connectivity index (χ2v) is 11.6. The Morgan fingerprint density at radius 2 is 0.286 bits per heavy atom. The van der Waals surface area contributed by atoms with Gasteiger partial charge in [0, 0.05) is 0 Å². The molecule has 0 saturated heterocycles. The minimum atomic E-state index is 0.270. The van der Waals surface area contributed by atoms with Gasteiger partial charge in [0.1, 0.15) is 0 Å². The molecule has 0 N–H and O–H groups in total. The maximum atomic E-state index is 2.36. The average Bonchev–Trinajstić information content (AvgIpc) is 3.09. The minimum Gasteiger partial charge on any atom is -0.0622 e. The van der Waals surface area contributed by atoms with Crippen molar-refractivity contribution in [2.45, 2.75) is 35.5 Å². The van der Waals surface area contributed by atoms with E-state index in [9.17, 15) is 0 Å². The summed E-state index contributed by atoms with van der Waals surface area (Å²) in [4.78, 5) is 0. The SMILES string of the molecule is c1ccc(C2C(c3ccccc3)C(c3ccccc3)C(c3ccccc3)C(c3ccccc3)C2c2ccccc2)cc1. The lowest BCUT2D eigenvalue weighted by molar-refractivity contribution is 0.229. The van der Waals surface area contributed by atoms with Crippen LogP contribution in [0.3, 0.4) is 0 Å². The molecule has 0 heterocycles. The number of benzene rings is 6. The van der Waals surface area contributed by atoms with Gasteiger partial charge in [0.15, 0.2) is 0 Å². The van der Waals surface area contributed by atoms with Crippen molar-refractivity contribution in [2.24, 2.45) is 0 Å². The number of hydrogen-bond acceptors (Lipinski definition) is 0. The zero-order chi connectivity index (χ0) is 28.1. The van der Waals surface area contributed by atoms with Crippen LogP contribution in [-0.2, 0) is 0 Å². The minimum absolute atomic E-state index is 0.270. The Kier molecular flexibility index (Phi) is 7.53. The average molecular weight is 541 g/mol. The number of rotatable bonds is 6. The lowest BCUT2D eigenvalue weighted by Crippen LogP contribution is -2.40. The van der Waals surface area contributed by atoms with Crippen LogP contribution in [0.25, 0.3) is 0 Å². The topological polar surface area (TPSA) is 0 Å². The van der Waals surface area contributed by atoms with Crippen molar-refractivity contribution in [1.82, 2.24) is 0 Å². The molecule has 0 aliphatic heterocycles. The summed E-state index contributed by atoms with van der Waals surface area (Å²) in [5.41, 5.74) is 8.46. The van der Waals surface area contributed by atoms with Crippen LogP contribution in [0, 0.1) is 0 Å². The molecule has 0 radical (unpaired) electrons. The molecule has 0 unspecified atom stereocenters. The third kappa shape index (κ3) is 4.99. The van der Waals surface area contributed by atoms with E-state index in [-0.39, 0.29) is 35.5 Å². The van der Waals surface area contributed by atoms with Crippen LogP contribution in [0.5, 0.6) is 0 Å². The Bertz CT molecular complexity index is 1310. The molecule has 0 bridgehead atoms. The second kappa shape index (κ2) is 12.0. The van der Waals surface area contributed by atoms with Gasteiger partial charge in [-0.05, 0) is 68.9 Å². The summed E-state index contributed by atoms with van der Waals surface area (Å²) < 4.78 is 0. The van der Waals surface area contributed by atoms with Gasteiger partial charge in [0.25, 0.3) is 0 Å². The fraction of sp³-hybridized carbons (Fsp3) is 0.143. The van der Waals surface area contributed by atoms with Crippen molar-refractivity contribution in [2.75, 3.05) is 0 Å². The first-order chi connectivity index (χ1) is 20.9. The van der Waals surface area contributed by atoms with Crippen LogP contribution >= 0.6 is 0 Å². The molecule has 0 nitrogen and oxygen atoms in total. The van der Waals surface area contributed by atoms with Gasteiger partial charge in [-0.1, -0.05) is 182 Å². The van der Waals surface area contributed by atoms with Crippen LogP contribution in [-0.4, -0.2) is 0 Å². The molecule has 1 saturated carbocycles. The molecular weight excluding hydrogens is 504 g/mol. The van der Waals surface area contributed by atoms with Crippen LogP contribution < -0.4 is 0 Å². The molecular formula is C42H36. The zero-order valence-electron chi connectivity index (χ0n) is 23.8. The van der Waals surface area contributed by atoms with E-state index in [2.05, 4.69) is 182 Å². The molecule has 0 spiro atoms. The standard InChI is InChI=1S/C42H36/c1-7-19-31(20-8-1)37-38(32-21-9-2-10-22-32)40(34-25-13-4-14-26-34)42(36-29-17-6-18-30-36)41(35-27-15-5-16-28-35)39(37)33-23-11-3-12-24-33/h1-30,37-42H. The molecule has 7 rings (SSSR count). The summed E-state index contributed by atoms with van der Waals surface area (Å²) in [6, 6.07) is 67.9. The van der Waals surface area contributed by atoms with Crippen molar-refractivity contribution >= 4 is 0 Å². The Labute approximate surface area is 250 Å². The third-order valence-corrected chi connectivity index (χ3v) is 9.43. The summed E-state index contributed by atoms with van der Waals surface area (Å²) in [7, 11) is 0. The second-order valence-electron chi connectivity index (χ2n) is 11.6. The van der Waals surface area contributed by atoms with Gasteiger partial charge in [0.2, 0.25) is 0 Å². The van der Waals surface area contributed by atoms with Crippen molar-refractivity contribution in [1.29, 1.82) is 0 Å². The normalized spacial score (nSPS) is 23.7. The van der Waals surface area contributed by atoms with Crippen LogP contribution in [0.4, 0.5) is 0 Å². The van der Waals surface area contributed by atoms with Crippen molar-refractivity contribution in [3.63, 3.8) is 0 Å². The molecule has 1 aliphatic rings. The van der Waals surface area contributed by atoms with E-state index in [0.717, 1.165) is 0 Å². The highest BCUT2D eigenvalue weighted by molar-refractivity contribution is 5.48. The first kappa shape index (κ1) is 26.2. The van der Waals surface area contributed by atoms with E-state index < -0.39 is 0 Å². The highest BCUT2D eigenvalue weighted by atomic mass is 14.6. The molecule has 0 aromatic heterocycles. The summed E-state index contributed by atoms with van der Waals surface area (Å²) in [6.07, 6.45) is 0. The van der Waals surface area contributed by atoms with Crippen LogP contribution in [0.15, 0.2) is 182 Å². The fourth-order valence-electron chi connectivity index (χ4n) is 7.88. The largest absolute Gasteiger partial charge is 0.0622 e. The molecule has 1 aliphatic carbocycles. The molecule has 6 aromatic rings. The lowest BCUT2D eigenvalue weighted by atomic mass is 9.49. The first-order valence-electron chi connectivity index (χ1n) is 15.2. The fourth-order valence-corrected chi connectivity index (χ4v) is 7.88. The highest BCUT2D eigenvalue weighted by Gasteiger charge is 2.53. The quantitative estimate of drug-likeness (QED) is 0.197. The van der Waals surface area contributed by atoms with Gasteiger partial charge < -0.3 is 0 Å². The van der Waals surface area contributed by atoms with E-state index in [1.54, 1.807) is 0 Å². The molecule has 6 aromatic carbocycles. The molecule has 0 atom stereocenters.